The van der Waals surface area contributed by atoms with E-state index in [2.05, 4.69) is 31.0 Å². The summed E-state index contributed by atoms with van der Waals surface area (Å²) < 4.78 is 9.65. The van der Waals surface area contributed by atoms with Gasteiger partial charge in [-0.3, -0.25) is 19.2 Å². The van der Waals surface area contributed by atoms with E-state index in [1.807, 2.05) is 13.8 Å². The number of methoxy groups -OCH3 is 1. The predicted octanol–water partition coefficient (Wildman–Crippen LogP) is 0.978. The number of hydrogen-bond acceptors (Lipinski definition) is 7. The smallest absolute Gasteiger partial charge is 0.407 e. The Bertz CT molecular complexity index is 904. The normalized spacial score (nSPS) is 12.8. The summed E-state index contributed by atoms with van der Waals surface area (Å²) in [5, 5.41) is 10.2. The van der Waals surface area contributed by atoms with Crippen LogP contribution in [0, 0.1) is 5.92 Å². The highest BCUT2D eigenvalue weighted by Gasteiger charge is 2.26. The lowest BCUT2D eigenvalue weighted by Gasteiger charge is -2.22. The fourth-order valence-electron chi connectivity index (χ4n) is 2.85. The summed E-state index contributed by atoms with van der Waals surface area (Å²) in [5.74, 6) is -2.15. The van der Waals surface area contributed by atoms with Crippen LogP contribution in [0.3, 0.4) is 0 Å². The van der Waals surface area contributed by atoms with Crippen molar-refractivity contribution in [2.24, 2.45) is 5.92 Å². The number of ether oxygens (including phenoxy) is 2. The molecule has 0 saturated carbocycles. The number of carbonyl (C=O) groups is 5. The molecule has 0 unspecified atom stereocenters. The van der Waals surface area contributed by atoms with E-state index in [0.29, 0.717) is 12.1 Å². The molecule has 0 aliphatic rings. The summed E-state index contributed by atoms with van der Waals surface area (Å²) in [4.78, 5) is 63.5. The van der Waals surface area contributed by atoms with Gasteiger partial charge in [0.15, 0.2) is 0 Å². The maximum Gasteiger partial charge on any atom is 0.407 e. The van der Waals surface area contributed by atoms with E-state index in [1.54, 1.807) is 26.8 Å². The molecule has 0 aromatic carbocycles. The quantitative estimate of drug-likeness (QED) is 0.285. The average Bonchev–Trinajstić information content (AvgIpc) is 3.23. The molecule has 196 valence electrons. The van der Waals surface area contributed by atoms with Gasteiger partial charge in [0.25, 0.3) is 5.91 Å². The molecule has 12 heteroatoms. The summed E-state index contributed by atoms with van der Waals surface area (Å²) >= 11 is 0. The van der Waals surface area contributed by atoms with Gasteiger partial charge in [0.1, 0.15) is 29.9 Å². The molecule has 0 saturated heterocycles. The molecule has 0 bridgehead atoms. The molecule has 0 aliphatic carbocycles. The molecule has 5 N–H and O–H groups in total. The van der Waals surface area contributed by atoms with E-state index in [9.17, 15) is 24.0 Å². The Balaban J connectivity index is 2.65. The summed E-state index contributed by atoms with van der Waals surface area (Å²) in [7, 11) is 1.21. The summed E-state index contributed by atoms with van der Waals surface area (Å²) in [6, 6.07) is 1.31. The number of esters is 1. The van der Waals surface area contributed by atoms with Crippen LogP contribution in [0.15, 0.2) is 12.1 Å². The van der Waals surface area contributed by atoms with Crippen LogP contribution in [-0.4, -0.2) is 66.1 Å². The molecule has 35 heavy (non-hydrogen) atoms. The predicted molar refractivity (Wildman–Crippen MR) is 127 cm³/mol. The van der Waals surface area contributed by atoms with Crippen molar-refractivity contribution in [3.05, 3.63) is 23.5 Å². The van der Waals surface area contributed by atoms with E-state index in [1.165, 1.54) is 20.1 Å². The maximum absolute atomic E-state index is 12.6. The van der Waals surface area contributed by atoms with Crippen LogP contribution < -0.4 is 21.3 Å². The Hall–Kier alpha value is -3.57. The van der Waals surface area contributed by atoms with Crippen molar-refractivity contribution in [2.75, 3.05) is 13.7 Å². The SMILES string of the molecule is COC(=O)CNC(=O)[C@H](CC(C)C)NC(=O)[C@H](C)NC(=O)c1ccc(CNC(=O)OC(C)(C)C)[nH]1. The molecular weight excluding hydrogens is 458 g/mol. The van der Waals surface area contributed by atoms with Gasteiger partial charge in [-0.2, -0.15) is 0 Å². The molecule has 1 heterocycles. The lowest BCUT2D eigenvalue weighted by Crippen LogP contribution is -2.53. The Morgan fingerprint density at radius 2 is 1.63 bits per heavy atom. The number of aromatic amines is 1. The average molecular weight is 496 g/mol. The third-order valence-corrected chi connectivity index (χ3v) is 4.53. The standard InChI is InChI=1S/C23H37N5O7/c1-13(2)10-17(20(31)24-12-18(29)34-7)28-19(30)14(3)26-21(32)16-9-8-15(27-16)11-25-22(33)35-23(4,5)6/h8-9,13-14,17,27H,10-12H2,1-7H3,(H,24,31)(H,25,33)(H,26,32)(H,28,30)/t14-,17-/m0/s1. The van der Waals surface area contributed by atoms with Crippen LogP contribution >= 0.6 is 0 Å². The monoisotopic (exact) mass is 495 g/mol. The molecule has 12 nitrogen and oxygen atoms in total. The molecule has 2 atom stereocenters. The molecule has 0 aliphatic heterocycles. The zero-order chi connectivity index (χ0) is 26.8. The van der Waals surface area contributed by atoms with E-state index >= 15 is 0 Å². The number of hydrogen-bond donors (Lipinski definition) is 5. The Kier molecular flexibility index (Phi) is 11.2. The molecule has 1 rings (SSSR count). The lowest BCUT2D eigenvalue weighted by molar-refractivity contribution is -0.141. The number of carbonyl (C=O) groups excluding carboxylic acids is 5. The van der Waals surface area contributed by atoms with Gasteiger partial charge in [-0.05, 0) is 52.2 Å². The van der Waals surface area contributed by atoms with Crippen LogP contribution in [-0.2, 0) is 30.4 Å². The van der Waals surface area contributed by atoms with E-state index in [0.717, 1.165) is 0 Å². The number of nitrogens with one attached hydrogen (secondary N) is 5. The minimum Gasteiger partial charge on any atom is -0.468 e. The summed E-state index contributed by atoms with van der Waals surface area (Å²) in [5.41, 5.74) is 0.134. The van der Waals surface area contributed by atoms with Gasteiger partial charge in [-0.1, -0.05) is 13.8 Å². The highest BCUT2D eigenvalue weighted by atomic mass is 16.6. The molecule has 1 aromatic rings. The zero-order valence-electron chi connectivity index (χ0n) is 21.4. The minimum absolute atomic E-state index is 0.0840. The largest absolute Gasteiger partial charge is 0.468 e. The third-order valence-electron chi connectivity index (χ3n) is 4.53. The fraction of sp³-hybridized carbons (Fsp3) is 0.609. The summed E-state index contributed by atoms with van der Waals surface area (Å²) in [6.45, 7) is 10.3. The van der Waals surface area contributed by atoms with Crippen LogP contribution in [0.25, 0.3) is 0 Å². The topological polar surface area (TPSA) is 168 Å². The molecule has 0 fully saturated rings. The van der Waals surface area contributed by atoms with Gasteiger partial charge in [0.2, 0.25) is 11.8 Å². The van der Waals surface area contributed by atoms with Gasteiger partial charge < -0.3 is 35.7 Å². The molecule has 0 radical (unpaired) electrons. The van der Waals surface area contributed by atoms with Crippen molar-refractivity contribution < 1.29 is 33.4 Å². The van der Waals surface area contributed by atoms with Gasteiger partial charge in [0.05, 0.1) is 13.7 Å². The van der Waals surface area contributed by atoms with Crippen molar-refractivity contribution in [3.8, 4) is 0 Å². The van der Waals surface area contributed by atoms with Gasteiger partial charge in [-0.15, -0.1) is 0 Å². The molecular formula is C23H37N5O7. The second-order valence-corrected chi connectivity index (χ2v) is 9.43. The Morgan fingerprint density at radius 1 is 0.971 bits per heavy atom. The molecule has 1 aromatic heterocycles. The number of alkyl carbamates (subject to hydrolysis) is 1. The third kappa shape index (κ3) is 11.4. The number of H-pyrrole nitrogens is 1. The van der Waals surface area contributed by atoms with E-state index < -0.39 is 47.5 Å². The second-order valence-electron chi connectivity index (χ2n) is 9.43. The van der Waals surface area contributed by atoms with Crippen molar-refractivity contribution in [1.29, 1.82) is 0 Å². The van der Waals surface area contributed by atoms with Gasteiger partial charge >= 0.3 is 12.1 Å². The maximum atomic E-state index is 12.6. The highest BCUT2D eigenvalue weighted by molar-refractivity contribution is 5.97. The van der Waals surface area contributed by atoms with Crippen LogP contribution in [0.2, 0.25) is 0 Å². The Morgan fingerprint density at radius 3 is 2.20 bits per heavy atom. The van der Waals surface area contributed by atoms with Gasteiger partial charge in [0, 0.05) is 5.69 Å². The second kappa shape index (κ2) is 13.4. The zero-order valence-corrected chi connectivity index (χ0v) is 21.4. The molecule has 0 spiro atoms. The van der Waals surface area contributed by atoms with E-state index in [4.69, 9.17) is 4.74 Å². The lowest BCUT2D eigenvalue weighted by atomic mass is 10.0. The number of aromatic nitrogens is 1. The number of rotatable bonds is 11. The molecule has 4 amide bonds. The number of amides is 4. The first-order valence-corrected chi connectivity index (χ1v) is 11.3. The Labute approximate surface area is 205 Å². The van der Waals surface area contributed by atoms with Gasteiger partial charge in [-0.25, -0.2) is 4.79 Å². The van der Waals surface area contributed by atoms with Crippen molar-refractivity contribution in [3.63, 3.8) is 0 Å². The van der Waals surface area contributed by atoms with Crippen LogP contribution in [0.1, 0.15) is 64.1 Å². The van der Waals surface area contributed by atoms with Crippen molar-refractivity contribution in [2.45, 2.75) is 72.2 Å². The van der Waals surface area contributed by atoms with Crippen molar-refractivity contribution in [1.82, 2.24) is 26.3 Å². The van der Waals surface area contributed by atoms with E-state index in [-0.39, 0.29) is 24.7 Å². The summed E-state index contributed by atoms with van der Waals surface area (Å²) in [6.07, 6.45) is -0.251. The first-order valence-electron chi connectivity index (χ1n) is 11.3. The minimum atomic E-state index is -0.947. The first kappa shape index (κ1) is 29.5. The van der Waals surface area contributed by atoms with Crippen LogP contribution in [0.4, 0.5) is 4.79 Å². The van der Waals surface area contributed by atoms with Crippen LogP contribution in [0.5, 0.6) is 0 Å². The van der Waals surface area contributed by atoms with Crippen molar-refractivity contribution >= 4 is 29.8 Å². The first-order chi connectivity index (χ1) is 16.2. The fourth-order valence-corrected chi connectivity index (χ4v) is 2.85. The highest BCUT2D eigenvalue weighted by Crippen LogP contribution is 2.08.